The number of aromatic nitrogens is 2. The summed E-state index contributed by atoms with van der Waals surface area (Å²) in [7, 11) is 0. The summed E-state index contributed by atoms with van der Waals surface area (Å²) in [6.45, 7) is 0.347. The van der Waals surface area contributed by atoms with E-state index < -0.39 is 5.91 Å². The molecule has 0 unspecified atom stereocenters. The van der Waals surface area contributed by atoms with Crippen LogP contribution in [0.25, 0.3) is 0 Å². The number of nitrogens with zero attached hydrogens (tertiary/aromatic N) is 2. The third-order valence-corrected chi connectivity index (χ3v) is 3.20. The lowest BCUT2D eigenvalue weighted by atomic mass is 10.2. The molecule has 24 heavy (non-hydrogen) atoms. The van der Waals surface area contributed by atoms with Gasteiger partial charge in [-0.1, -0.05) is 18.2 Å². The minimum atomic E-state index is -0.393. The van der Waals surface area contributed by atoms with E-state index in [9.17, 15) is 9.59 Å². The average molecular weight is 322 g/mol. The zero-order chi connectivity index (χ0) is 16.8. The van der Waals surface area contributed by atoms with Gasteiger partial charge in [0, 0.05) is 24.5 Å². The molecule has 2 N–H and O–H groups in total. The van der Waals surface area contributed by atoms with Crippen LogP contribution in [-0.2, 0) is 6.54 Å². The average Bonchev–Trinajstić information content (AvgIpc) is 3.10. The smallest absolute Gasteiger partial charge is 0.302 e. The van der Waals surface area contributed by atoms with Crippen molar-refractivity contribution < 1.29 is 14.0 Å². The van der Waals surface area contributed by atoms with Crippen molar-refractivity contribution in [2.45, 2.75) is 6.54 Å². The van der Waals surface area contributed by atoms with E-state index in [1.807, 2.05) is 6.07 Å². The highest BCUT2D eigenvalue weighted by atomic mass is 16.4. The molecule has 7 heteroatoms. The molecule has 2 amide bonds. The van der Waals surface area contributed by atoms with Crippen LogP contribution in [0.4, 0.5) is 6.01 Å². The highest BCUT2D eigenvalue weighted by molar-refractivity contribution is 6.03. The molecule has 0 saturated carbocycles. The molecule has 0 radical (unpaired) electrons. The quantitative estimate of drug-likeness (QED) is 0.751. The highest BCUT2D eigenvalue weighted by Gasteiger charge is 2.14. The second-order valence-electron chi connectivity index (χ2n) is 4.90. The van der Waals surface area contributed by atoms with Gasteiger partial charge >= 0.3 is 6.01 Å². The maximum absolute atomic E-state index is 12.0. The van der Waals surface area contributed by atoms with Crippen LogP contribution in [0.1, 0.15) is 26.4 Å². The van der Waals surface area contributed by atoms with Gasteiger partial charge in [-0.3, -0.25) is 19.9 Å². The van der Waals surface area contributed by atoms with Crippen molar-refractivity contribution in [1.29, 1.82) is 0 Å². The summed E-state index contributed by atoms with van der Waals surface area (Å²) in [5, 5.41) is 5.21. The molecule has 1 aromatic carbocycles. The van der Waals surface area contributed by atoms with Crippen LogP contribution >= 0.6 is 0 Å². The number of nitrogens with one attached hydrogen (secondary N) is 2. The molecular weight excluding hydrogens is 308 g/mol. The number of pyridine rings is 1. The Labute approximate surface area is 137 Å². The van der Waals surface area contributed by atoms with Gasteiger partial charge in [0.2, 0.25) is 0 Å². The summed E-state index contributed by atoms with van der Waals surface area (Å²) in [5.41, 5.74) is 1.48. The predicted molar refractivity (Wildman–Crippen MR) is 86.3 cm³/mol. The lowest BCUT2D eigenvalue weighted by molar-refractivity contribution is 0.0944. The van der Waals surface area contributed by atoms with Gasteiger partial charge < -0.3 is 9.73 Å². The van der Waals surface area contributed by atoms with Crippen LogP contribution in [0, 0.1) is 0 Å². The molecule has 3 aromatic rings. The predicted octanol–water partition coefficient (Wildman–Crippen LogP) is 2.25. The molecule has 2 heterocycles. The number of carbonyl (C=O) groups is 2. The van der Waals surface area contributed by atoms with Gasteiger partial charge in [0.1, 0.15) is 6.26 Å². The maximum atomic E-state index is 12.0. The zero-order valence-corrected chi connectivity index (χ0v) is 12.6. The molecule has 0 spiro atoms. The Morgan fingerprint density at radius 1 is 1.00 bits per heavy atom. The topological polar surface area (TPSA) is 97.1 Å². The van der Waals surface area contributed by atoms with Crippen molar-refractivity contribution in [3.8, 4) is 0 Å². The number of benzene rings is 1. The monoisotopic (exact) mass is 322 g/mol. The molecule has 0 aliphatic rings. The summed E-state index contributed by atoms with van der Waals surface area (Å²) in [6.07, 6.45) is 4.49. The van der Waals surface area contributed by atoms with E-state index in [-0.39, 0.29) is 17.6 Å². The molecule has 2 aromatic heterocycles. The fourth-order valence-corrected chi connectivity index (χ4v) is 1.97. The second kappa shape index (κ2) is 7.19. The van der Waals surface area contributed by atoms with Gasteiger partial charge in [0.05, 0.1) is 0 Å². The van der Waals surface area contributed by atoms with Crippen molar-refractivity contribution in [2.75, 3.05) is 5.32 Å². The number of hydrogen-bond acceptors (Lipinski definition) is 5. The molecule has 120 valence electrons. The Hall–Kier alpha value is -3.48. The third-order valence-electron chi connectivity index (χ3n) is 3.20. The minimum absolute atomic E-state index is 0.0297. The van der Waals surface area contributed by atoms with Crippen molar-refractivity contribution in [3.63, 3.8) is 0 Å². The normalized spacial score (nSPS) is 10.2. The Bertz CT molecular complexity index is 831. The first-order chi connectivity index (χ1) is 11.7. The molecule has 0 atom stereocenters. The fourth-order valence-electron chi connectivity index (χ4n) is 1.97. The van der Waals surface area contributed by atoms with Gasteiger partial charge in [-0.05, 0) is 29.8 Å². The summed E-state index contributed by atoms with van der Waals surface area (Å²) < 4.78 is 5.12. The Morgan fingerprint density at radius 2 is 1.75 bits per heavy atom. The van der Waals surface area contributed by atoms with E-state index in [4.69, 9.17) is 4.42 Å². The van der Waals surface area contributed by atoms with Crippen molar-refractivity contribution in [3.05, 3.63) is 77.9 Å². The molecule has 7 nitrogen and oxygen atoms in total. The molecule has 0 aliphatic heterocycles. The Kier molecular flexibility index (Phi) is 4.62. The molecule has 0 saturated heterocycles. The first-order valence-electron chi connectivity index (χ1n) is 7.21. The van der Waals surface area contributed by atoms with Gasteiger partial charge in [0.25, 0.3) is 11.8 Å². The molecule has 0 fully saturated rings. The van der Waals surface area contributed by atoms with Gasteiger partial charge in [0.15, 0.2) is 5.69 Å². The van der Waals surface area contributed by atoms with Crippen molar-refractivity contribution in [1.82, 2.24) is 15.3 Å². The van der Waals surface area contributed by atoms with Crippen LogP contribution in [-0.4, -0.2) is 21.8 Å². The Balaban J connectivity index is 1.58. The second-order valence-corrected chi connectivity index (χ2v) is 4.90. The summed E-state index contributed by atoms with van der Waals surface area (Å²) >= 11 is 0. The van der Waals surface area contributed by atoms with Gasteiger partial charge in [-0.15, -0.1) is 0 Å². The lowest BCUT2D eigenvalue weighted by Gasteiger charge is -2.02. The van der Waals surface area contributed by atoms with E-state index >= 15 is 0 Å². The van der Waals surface area contributed by atoms with E-state index in [0.29, 0.717) is 12.1 Å². The number of carbonyl (C=O) groups excluding carboxylic acids is 2. The first-order valence-corrected chi connectivity index (χ1v) is 7.21. The van der Waals surface area contributed by atoms with Crippen LogP contribution in [0.3, 0.4) is 0 Å². The maximum Gasteiger partial charge on any atom is 0.302 e. The largest absolute Gasteiger partial charge is 0.431 e. The number of oxazole rings is 1. The van der Waals surface area contributed by atoms with Gasteiger partial charge in [-0.2, -0.15) is 4.98 Å². The van der Waals surface area contributed by atoms with Crippen LogP contribution in [0.2, 0.25) is 0 Å². The number of hydrogen-bond donors (Lipinski definition) is 2. The summed E-state index contributed by atoms with van der Waals surface area (Å²) in [4.78, 5) is 31.9. The molecular formula is C17H14N4O3. The van der Waals surface area contributed by atoms with E-state index in [1.54, 1.807) is 48.8 Å². The van der Waals surface area contributed by atoms with Crippen LogP contribution in [0.5, 0.6) is 0 Å². The summed E-state index contributed by atoms with van der Waals surface area (Å²) in [5.74, 6) is -0.753. The van der Waals surface area contributed by atoms with E-state index in [1.165, 1.54) is 6.26 Å². The Morgan fingerprint density at radius 3 is 2.50 bits per heavy atom. The summed E-state index contributed by atoms with van der Waals surface area (Å²) in [6, 6.07) is 12.2. The zero-order valence-electron chi connectivity index (χ0n) is 12.6. The highest BCUT2D eigenvalue weighted by Crippen LogP contribution is 2.10. The van der Waals surface area contributed by atoms with Crippen LogP contribution in [0.15, 0.2) is 65.5 Å². The number of rotatable bonds is 5. The standard InChI is InChI=1S/C17H14N4O3/c22-15(13-4-2-1-3-5-13)21-17-20-14(11-24-17)16(23)19-10-12-6-8-18-9-7-12/h1-9,11H,10H2,(H,19,23)(H,20,21,22). The molecule has 3 rings (SSSR count). The fraction of sp³-hybridized carbons (Fsp3) is 0.0588. The van der Waals surface area contributed by atoms with E-state index in [0.717, 1.165) is 5.56 Å². The molecule has 0 bridgehead atoms. The van der Waals surface area contributed by atoms with E-state index in [2.05, 4.69) is 20.6 Å². The SMILES string of the molecule is O=C(Nc1nc(C(=O)NCc2ccncc2)co1)c1ccccc1. The van der Waals surface area contributed by atoms with Gasteiger partial charge in [-0.25, -0.2) is 0 Å². The van der Waals surface area contributed by atoms with Crippen LogP contribution < -0.4 is 10.6 Å². The number of anilines is 1. The minimum Gasteiger partial charge on any atom is -0.431 e. The third kappa shape index (κ3) is 3.83. The first kappa shape index (κ1) is 15.4. The van der Waals surface area contributed by atoms with Crippen molar-refractivity contribution >= 4 is 17.8 Å². The number of amides is 2. The lowest BCUT2D eigenvalue weighted by Crippen LogP contribution is -2.23. The van der Waals surface area contributed by atoms with Crippen molar-refractivity contribution in [2.24, 2.45) is 0 Å². The molecule has 0 aliphatic carbocycles.